The second-order valence-corrected chi connectivity index (χ2v) is 6.34. The summed E-state index contributed by atoms with van der Waals surface area (Å²) in [5.41, 5.74) is 0.391. The summed E-state index contributed by atoms with van der Waals surface area (Å²) in [6, 6.07) is 4.20. The van der Waals surface area contributed by atoms with Crippen molar-refractivity contribution in [3.63, 3.8) is 0 Å². The lowest BCUT2D eigenvalue weighted by Crippen LogP contribution is -1.97. The lowest BCUT2D eigenvalue weighted by atomic mass is 10.2. The summed E-state index contributed by atoms with van der Waals surface area (Å²) in [6.07, 6.45) is 1.47. The molecule has 0 atom stereocenters. The van der Waals surface area contributed by atoms with Crippen molar-refractivity contribution in [3.8, 4) is 0 Å². The van der Waals surface area contributed by atoms with E-state index in [9.17, 15) is 17.2 Å². The van der Waals surface area contributed by atoms with Crippen LogP contribution >= 0.6 is 10.7 Å². The van der Waals surface area contributed by atoms with E-state index in [0.717, 1.165) is 6.07 Å². The fraction of sp³-hybridized carbons (Fsp3) is 0.273. The number of hydrogen-bond acceptors (Lipinski definition) is 2. The maximum Gasteiger partial charge on any atom is 0.263 e. The first-order valence-corrected chi connectivity index (χ1v) is 7.54. The molecule has 0 saturated carbocycles. The summed E-state index contributed by atoms with van der Waals surface area (Å²) in [6.45, 7) is -0.263. The fourth-order valence-corrected chi connectivity index (χ4v) is 2.92. The summed E-state index contributed by atoms with van der Waals surface area (Å²) >= 11 is 0. The van der Waals surface area contributed by atoms with Crippen molar-refractivity contribution in [3.05, 3.63) is 30.2 Å². The molecule has 0 unspecified atom stereocenters. The molecule has 7 heteroatoms. The van der Waals surface area contributed by atoms with Crippen LogP contribution in [0.2, 0.25) is 0 Å². The zero-order valence-electron chi connectivity index (χ0n) is 9.24. The Hall–Kier alpha value is -1.14. The topological polar surface area (TPSA) is 39.1 Å². The van der Waals surface area contributed by atoms with Crippen LogP contribution < -0.4 is 0 Å². The number of alkyl halides is 1. The van der Waals surface area contributed by atoms with Crippen LogP contribution in [0.5, 0.6) is 0 Å². The molecule has 0 amide bonds. The van der Waals surface area contributed by atoms with E-state index in [0.29, 0.717) is 5.52 Å². The molecule has 2 aromatic rings. The quantitative estimate of drug-likeness (QED) is 0.813. The Morgan fingerprint density at radius 3 is 2.67 bits per heavy atom. The fourth-order valence-electron chi connectivity index (χ4n) is 1.87. The van der Waals surface area contributed by atoms with Gasteiger partial charge in [-0.15, -0.1) is 0 Å². The summed E-state index contributed by atoms with van der Waals surface area (Å²) in [5, 5.41) is -0.0497. The van der Waals surface area contributed by atoms with Gasteiger partial charge in [0.25, 0.3) is 9.05 Å². The Kier molecular flexibility index (Phi) is 3.59. The largest absolute Gasteiger partial charge is 0.346 e. The van der Waals surface area contributed by atoms with Gasteiger partial charge in [0.05, 0.1) is 17.6 Å². The SMILES string of the molecule is O=S(=O)(Cl)c1cn(CCCF)c2cccc(F)c12. The van der Waals surface area contributed by atoms with Crippen molar-refractivity contribution >= 4 is 30.6 Å². The zero-order chi connectivity index (χ0) is 13.3. The van der Waals surface area contributed by atoms with E-state index < -0.39 is 21.5 Å². The first kappa shape index (κ1) is 13.3. The van der Waals surface area contributed by atoms with Crippen molar-refractivity contribution in [1.29, 1.82) is 0 Å². The molecule has 98 valence electrons. The number of aryl methyl sites for hydroxylation is 1. The lowest BCUT2D eigenvalue weighted by Gasteiger charge is -2.02. The van der Waals surface area contributed by atoms with Gasteiger partial charge in [-0.3, -0.25) is 4.39 Å². The predicted octanol–water partition coefficient (Wildman–Crippen LogP) is 3.07. The van der Waals surface area contributed by atoms with Crippen LogP contribution in [0.25, 0.3) is 10.9 Å². The summed E-state index contributed by atoms with van der Waals surface area (Å²) in [5.74, 6) is -0.661. The van der Waals surface area contributed by atoms with Crippen molar-refractivity contribution < 1.29 is 17.2 Å². The van der Waals surface area contributed by atoms with Crippen molar-refractivity contribution in [1.82, 2.24) is 4.57 Å². The van der Waals surface area contributed by atoms with Crippen molar-refractivity contribution in [2.75, 3.05) is 6.67 Å². The van der Waals surface area contributed by atoms with E-state index in [2.05, 4.69) is 0 Å². The maximum atomic E-state index is 13.7. The molecule has 0 N–H and O–H groups in total. The molecule has 0 aliphatic heterocycles. The van der Waals surface area contributed by atoms with Gasteiger partial charge in [-0.25, -0.2) is 12.8 Å². The molecular weight excluding hydrogens is 284 g/mol. The first-order chi connectivity index (χ1) is 8.45. The second-order valence-electron chi connectivity index (χ2n) is 3.80. The van der Waals surface area contributed by atoms with Gasteiger partial charge in [-0.05, 0) is 18.6 Å². The summed E-state index contributed by atoms with van der Waals surface area (Å²) in [4.78, 5) is -0.281. The molecule has 0 saturated heterocycles. The monoisotopic (exact) mass is 293 g/mol. The minimum Gasteiger partial charge on any atom is -0.346 e. The van der Waals surface area contributed by atoms with Gasteiger partial charge in [0, 0.05) is 23.4 Å². The van der Waals surface area contributed by atoms with E-state index in [1.54, 1.807) is 6.07 Å². The van der Waals surface area contributed by atoms with Crippen LogP contribution in [-0.2, 0) is 15.6 Å². The van der Waals surface area contributed by atoms with E-state index >= 15 is 0 Å². The van der Waals surface area contributed by atoms with Gasteiger partial charge >= 0.3 is 0 Å². The molecule has 0 bridgehead atoms. The number of fused-ring (bicyclic) bond motifs is 1. The van der Waals surface area contributed by atoms with Gasteiger partial charge in [0.1, 0.15) is 10.7 Å². The highest BCUT2D eigenvalue weighted by atomic mass is 35.7. The standard InChI is InChI=1S/C11H10ClF2NO2S/c12-18(16,17)10-7-15(6-2-5-13)9-4-1-3-8(14)11(9)10/h1,3-4,7H,2,5-6H2. The molecule has 0 fully saturated rings. The van der Waals surface area contributed by atoms with E-state index in [4.69, 9.17) is 10.7 Å². The van der Waals surface area contributed by atoms with Gasteiger partial charge in [0.15, 0.2) is 0 Å². The highest BCUT2D eigenvalue weighted by Gasteiger charge is 2.21. The smallest absolute Gasteiger partial charge is 0.263 e. The van der Waals surface area contributed by atoms with Crippen LogP contribution in [0, 0.1) is 5.82 Å². The van der Waals surface area contributed by atoms with E-state index in [1.165, 1.54) is 16.8 Å². The Balaban J connectivity index is 2.72. The van der Waals surface area contributed by atoms with Crippen molar-refractivity contribution in [2.45, 2.75) is 17.9 Å². The van der Waals surface area contributed by atoms with Crippen LogP contribution in [0.4, 0.5) is 8.78 Å². The van der Waals surface area contributed by atoms with Gasteiger partial charge in [-0.1, -0.05) is 6.07 Å². The van der Waals surface area contributed by atoms with Gasteiger partial charge in [0.2, 0.25) is 0 Å². The molecule has 0 aliphatic carbocycles. The molecule has 0 spiro atoms. The first-order valence-electron chi connectivity index (χ1n) is 5.23. The molecule has 1 heterocycles. The van der Waals surface area contributed by atoms with Crippen LogP contribution in [0.15, 0.2) is 29.3 Å². The van der Waals surface area contributed by atoms with Crippen molar-refractivity contribution in [2.24, 2.45) is 0 Å². The average Bonchev–Trinajstić information content (AvgIpc) is 2.66. The minimum absolute atomic E-state index is 0.0497. The van der Waals surface area contributed by atoms with Crippen LogP contribution in [0.1, 0.15) is 6.42 Å². The Labute approximate surface area is 107 Å². The average molecular weight is 294 g/mol. The number of rotatable bonds is 4. The molecule has 2 rings (SSSR count). The molecule has 0 aliphatic rings. The third-order valence-corrected chi connectivity index (χ3v) is 3.95. The Morgan fingerprint density at radius 2 is 2.06 bits per heavy atom. The molecule has 0 radical (unpaired) electrons. The molecule has 1 aromatic heterocycles. The minimum atomic E-state index is -4.04. The van der Waals surface area contributed by atoms with Gasteiger partial charge < -0.3 is 4.57 Å². The molecular formula is C11H10ClF2NO2S. The number of aromatic nitrogens is 1. The molecule has 1 aromatic carbocycles. The molecule has 3 nitrogen and oxygen atoms in total. The molecule has 18 heavy (non-hydrogen) atoms. The van der Waals surface area contributed by atoms with Crippen LogP contribution in [0.3, 0.4) is 0 Å². The number of halogens is 3. The third kappa shape index (κ3) is 2.35. The van der Waals surface area contributed by atoms with E-state index in [-0.39, 0.29) is 23.2 Å². The highest BCUT2D eigenvalue weighted by Crippen LogP contribution is 2.30. The Bertz CT molecular complexity index is 682. The highest BCUT2D eigenvalue weighted by molar-refractivity contribution is 8.14. The lowest BCUT2D eigenvalue weighted by molar-refractivity contribution is 0.449. The second kappa shape index (κ2) is 4.85. The predicted molar refractivity (Wildman–Crippen MR) is 65.5 cm³/mol. The third-order valence-electron chi connectivity index (χ3n) is 2.62. The van der Waals surface area contributed by atoms with Gasteiger partial charge in [-0.2, -0.15) is 0 Å². The number of nitrogens with zero attached hydrogens (tertiary/aromatic N) is 1. The maximum absolute atomic E-state index is 13.7. The summed E-state index contributed by atoms with van der Waals surface area (Å²) < 4.78 is 50.2. The number of hydrogen-bond donors (Lipinski definition) is 0. The normalized spacial score (nSPS) is 12.2. The van der Waals surface area contributed by atoms with E-state index in [1.807, 2.05) is 0 Å². The van der Waals surface area contributed by atoms with Crippen LogP contribution in [-0.4, -0.2) is 19.7 Å². The summed E-state index contributed by atoms with van der Waals surface area (Å²) in [7, 11) is 1.24. The number of benzene rings is 1. The zero-order valence-corrected chi connectivity index (χ0v) is 10.8. The Morgan fingerprint density at radius 1 is 1.33 bits per heavy atom.